The van der Waals surface area contributed by atoms with E-state index in [0.717, 1.165) is 36.5 Å². The maximum absolute atomic E-state index is 12.7. The van der Waals surface area contributed by atoms with Crippen LogP contribution in [0.15, 0.2) is 42.6 Å². The third-order valence-corrected chi connectivity index (χ3v) is 4.47. The summed E-state index contributed by atoms with van der Waals surface area (Å²) in [5.41, 5.74) is 1.84. The van der Waals surface area contributed by atoms with E-state index in [-0.39, 0.29) is 12.1 Å². The van der Waals surface area contributed by atoms with Gasteiger partial charge in [0.1, 0.15) is 11.6 Å². The molecule has 0 spiro atoms. The van der Waals surface area contributed by atoms with Gasteiger partial charge in [-0.1, -0.05) is 12.1 Å². The highest BCUT2D eigenvalue weighted by Crippen LogP contribution is 2.33. The van der Waals surface area contributed by atoms with Crippen LogP contribution in [0.25, 0.3) is 0 Å². The van der Waals surface area contributed by atoms with Crippen LogP contribution in [0.3, 0.4) is 0 Å². The van der Waals surface area contributed by atoms with Crippen molar-refractivity contribution in [2.24, 2.45) is 0 Å². The molecule has 0 unspecified atom stereocenters. The van der Waals surface area contributed by atoms with Crippen LogP contribution in [0.1, 0.15) is 24.4 Å². The first kappa shape index (κ1) is 17.1. The van der Waals surface area contributed by atoms with Crippen molar-refractivity contribution in [1.82, 2.24) is 9.88 Å². The monoisotopic (exact) mass is 340 g/mol. The van der Waals surface area contributed by atoms with Crippen LogP contribution in [-0.4, -0.2) is 43.7 Å². The molecule has 0 radical (unpaired) electrons. The van der Waals surface area contributed by atoms with Crippen LogP contribution < -0.4 is 15.0 Å². The van der Waals surface area contributed by atoms with E-state index in [9.17, 15) is 4.79 Å². The van der Waals surface area contributed by atoms with Crippen molar-refractivity contribution in [3.8, 4) is 5.75 Å². The van der Waals surface area contributed by atoms with E-state index in [1.807, 2.05) is 60.3 Å². The zero-order chi connectivity index (χ0) is 17.8. The lowest BCUT2D eigenvalue weighted by Crippen LogP contribution is -2.34. The minimum atomic E-state index is -0.0854. The van der Waals surface area contributed by atoms with Crippen LogP contribution in [0.5, 0.6) is 5.75 Å². The number of carbonyl (C=O) groups is 1. The van der Waals surface area contributed by atoms with Crippen molar-refractivity contribution in [1.29, 1.82) is 0 Å². The van der Waals surface area contributed by atoms with Crippen molar-refractivity contribution in [2.45, 2.75) is 18.9 Å². The molecule has 132 valence electrons. The van der Waals surface area contributed by atoms with E-state index in [0.29, 0.717) is 5.69 Å². The van der Waals surface area contributed by atoms with Gasteiger partial charge >= 0.3 is 6.03 Å². The summed E-state index contributed by atoms with van der Waals surface area (Å²) >= 11 is 0. The summed E-state index contributed by atoms with van der Waals surface area (Å²) < 4.78 is 5.21. The minimum absolute atomic E-state index is 0.0854. The van der Waals surface area contributed by atoms with Gasteiger partial charge in [-0.15, -0.1) is 0 Å². The zero-order valence-corrected chi connectivity index (χ0v) is 14.9. The second-order valence-electron chi connectivity index (χ2n) is 6.35. The highest BCUT2D eigenvalue weighted by molar-refractivity contribution is 5.89. The third-order valence-electron chi connectivity index (χ3n) is 4.47. The summed E-state index contributed by atoms with van der Waals surface area (Å²) in [6.07, 6.45) is 3.66. The van der Waals surface area contributed by atoms with Gasteiger partial charge < -0.3 is 19.9 Å². The van der Waals surface area contributed by atoms with Crippen LogP contribution in [0.4, 0.5) is 16.3 Å². The molecule has 1 aliphatic rings. The van der Waals surface area contributed by atoms with Gasteiger partial charge in [-0.25, -0.2) is 9.78 Å². The number of urea groups is 1. The Labute approximate surface area is 148 Å². The molecule has 6 nitrogen and oxygen atoms in total. The fraction of sp³-hybridized carbons (Fsp3) is 0.368. The van der Waals surface area contributed by atoms with E-state index >= 15 is 0 Å². The van der Waals surface area contributed by atoms with Crippen LogP contribution in [-0.2, 0) is 0 Å². The lowest BCUT2D eigenvalue weighted by Gasteiger charge is -2.25. The van der Waals surface area contributed by atoms with Gasteiger partial charge in [0.25, 0.3) is 0 Å². The number of hydrogen-bond donors (Lipinski definition) is 1. The van der Waals surface area contributed by atoms with Gasteiger partial charge in [-0.05, 0) is 42.7 Å². The van der Waals surface area contributed by atoms with E-state index in [4.69, 9.17) is 4.74 Å². The predicted molar refractivity (Wildman–Crippen MR) is 99.3 cm³/mol. The summed E-state index contributed by atoms with van der Waals surface area (Å²) in [5, 5.41) is 2.95. The number of anilines is 2. The molecule has 1 fully saturated rings. The van der Waals surface area contributed by atoms with Crippen molar-refractivity contribution in [3.05, 3.63) is 48.2 Å². The molecule has 3 rings (SSSR count). The van der Waals surface area contributed by atoms with Gasteiger partial charge in [0.05, 0.1) is 25.0 Å². The quantitative estimate of drug-likeness (QED) is 0.925. The zero-order valence-electron chi connectivity index (χ0n) is 14.9. The van der Waals surface area contributed by atoms with E-state index < -0.39 is 0 Å². The highest BCUT2D eigenvalue weighted by Gasteiger charge is 2.30. The molecule has 1 saturated heterocycles. The van der Waals surface area contributed by atoms with E-state index in [2.05, 4.69) is 10.3 Å². The Kier molecular flexibility index (Phi) is 5.07. The van der Waals surface area contributed by atoms with Crippen molar-refractivity contribution < 1.29 is 9.53 Å². The number of nitrogens with zero attached hydrogens (tertiary/aromatic N) is 3. The van der Waals surface area contributed by atoms with Crippen LogP contribution >= 0.6 is 0 Å². The third kappa shape index (κ3) is 3.84. The molecule has 1 aromatic carbocycles. The lowest BCUT2D eigenvalue weighted by molar-refractivity contribution is 0.207. The van der Waals surface area contributed by atoms with Gasteiger partial charge in [0, 0.05) is 20.6 Å². The molecule has 1 aliphatic heterocycles. The van der Waals surface area contributed by atoms with Crippen molar-refractivity contribution in [2.75, 3.05) is 38.0 Å². The predicted octanol–water partition coefficient (Wildman–Crippen LogP) is 3.53. The minimum Gasteiger partial charge on any atom is -0.497 e. The number of pyridine rings is 1. The molecule has 1 atom stereocenters. The molecule has 0 saturated carbocycles. The maximum atomic E-state index is 12.7. The number of aromatic nitrogens is 1. The number of rotatable bonds is 4. The van der Waals surface area contributed by atoms with E-state index in [1.165, 1.54) is 0 Å². The Morgan fingerprint density at radius 1 is 1.24 bits per heavy atom. The largest absolute Gasteiger partial charge is 0.497 e. The number of benzene rings is 1. The average Bonchev–Trinajstić information content (AvgIpc) is 3.12. The average molecular weight is 340 g/mol. The second kappa shape index (κ2) is 7.42. The molecular weight excluding hydrogens is 316 g/mol. The van der Waals surface area contributed by atoms with Gasteiger partial charge in [0.15, 0.2) is 0 Å². The summed E-state index contributed by atoms with van der Waals surface area (Å²) in [4.78, 5) is 20.8. The van der Waals surface area contributed by atoms with Crippen molar-refractivity contribution >= 4 is 17.5 Å². The second-order valence-corrected chi connectivity index (χ2v) is 6.35. The molecule has 25 heavy (non-hydrogen) atoms. The molecular formula is C19H24N4O2. The van der Waals surface area contributed by atoms with E-state index in [1.54, 1.807) is 13.3 Å². The first-order chi connectivity index (χ1) is 12.1. The normalized spacial score (nSPS) is 16.6. The SMILES string of the molecule is COc1ccc([C@@H]2CCCN2C(=O)Nc2ccc(N(C)C)nc2)cc1. The molecule has 6 heteroatoms. The van der Waals surface area contributed by atoms with Crippen LogP contribution in [0.2, 0.25) is 0 Å². The fourth-order valence-corrected chi connectivity index (χ4v) is 3.10. The Balaban J connectivity index is 1.69. The Bertz CT molecular complexity index is 713. The molecule has 2 aromatic rings. The summed E-state index contributed by atoms with van der Waals surface area (Å²) in [6, 6.07) is 11.7. The van der Waals surface area contributed by atoms with Crippen LogP contribution in [0, 0.1) is 0 Å². The number of likely N-dealkylation sites (tertiary alicyclic amines) is 1. The Morgan fingerprint density at radius 3 is 2.60 bits per heavy atom. The van der Waals surface area contributed by atoms with Gasteiger partial charge in [0.2, 0.25) is 0 Å². The number of ether oxygens (including phenoxy) is 1. The topological polar surface area (TPSA) is 57.7 Å². The summed E-state index contributed by atoms with van der Waals surface area (Å²) in [7, 11) is 5.52. The number of amides is 2. The number of nitrogens with one attached hydrogen (secondary N) is 1. The Morgan fingerprint density at radius 2 is 2.00 bits per heavy atom. The molecule has 0 aliphatic carbocycles. The first-order valence-corrected chi connectivity index (χ1v) is 8.43. The number of hydrogen-bond acceptors (Lipinski definition) is 4. The number of methoxy groups -OCH3 is 1. The fourth-order valence-electron chi connectivity index (χ4n) is 3.10. The molecule has 1 N–H and O–H groups in total. The smallest absolute Gasteiger partial charge is 0.322 e. The highest BCUT2D eigenvalue weighted by atomic mass is 16.5. The molecule has 1 aromatic heterocycles. The lowest BCUT2D eigenvalue weighted by atomic mass is 10.0. The molecule has 2 amide bonds. The Hall–Kier alpha value is -2.76. The first-order valence-electron chi connectivity index (χ1n) is 8.43. The molecule has 2 heterocycles. The standard InChI is InChI=1S/C19H24N4O2/c1-22(2)18-11-8-15(13-20-18)21-19(24)23-12-4-5-17(23)14-6-9-16(25-3)10-7-14/h6-11,13,17H,4-5,12H2,1-3H3,(H,21,24)/t17-/m0/s1. The van der Waals surface area contributed by atoms with Crippen molar-refractivity contribution in [3.63, 3.8) is 0 Å². The van der Waals surface area contributed by atoms with Gasteiger partial charge in [-0.3, -0.25) is 0 Å². The van der Waals surface area contributed by atoms with Gasteiger partial charge in [-0.2, -0.15) is 0 Å². The molecule has 0 bridgehead atoms. The number of carbonyl (C=O) groups excluding carboxylic acids is 1. The summed E-state index contributed by atoms with van der Waals surface area (Å²) in [6.45, 7) is 0.756. The maximum Gasteiger partial charge on any atom is 0.322 e. The summed E-state index contributed by atoms with van der Waals surface area (Å²) in [5.74, 6) is 1.68.